The van der Waals surface area contributed by atoms with E-state index in [1.54, 1.807) is 0 Å². The quantitative estimate of drug-likeness (QED) is 0.537. The van der Waals surface area contributed by atoms with Gasteiger partial charge in [-0.2, -0.15) is 0 Å². The number of carbonyl (C=O) groups excluding carboxylic acids is 1. The van der Waals surface area contributed by atoms with E-state index in [0.717, 1.165) is 11.1 Å². The monoisotopic (exact) mass is 276 g/mol. The molecule has 110 valence electrons. The molecule has 0 bridgehead atoms. The average Bonchev–Trinajstić information content (AvgIpc) is 2.44. The van der Waals surface area contributed by atoms with Gasteiger partial charge in [0.2, 0.25) is 0 Å². The summed E-state index contributed by atoms with van der Waals surface area (Å²) in [5.74, 6) is -0.440. The molecule has 0 saturated heterocycles. The Hall–Kier alpha value is -1.61. The number of benzene rings is 1. The van der Waals surface area contributed by atoms with E-state index in [4.69, 9.17) is 9.47 Å². The first kappa shape index (κ1) is 16.4. The van der Waals surface area contributed by atoms with Crippen molar-refractivity contribution >= 4 is 5.97 Å². The third-order valence-corrected chi connectivity index (χ3v) is 3.30. The highest BCUT2D eigenvalue weighted by Crippen LogP contribution is 2.21. The molecule has 1 rings (SSSR count). The van der Waals surface area contributed by atoms with Gasteiger partial charge >= 0.3 is 5.97 Å². The van der Waals surface area contributed by atoms with E-state index in [2.05, 4.69) is 6.58 Å². The summed E-state index contributed by atoms with van der Waals surface area (Å²) in [6.07, 6.45) is 0. The molecule has 0 aliphatic rings. The van der Waals surface area contributed by atoms with Crippen molar-refractivity contribution in [2.24, 2.45) is 11.8 Å². The fourth-order valence-corrected chi connectivity index (χ4v) is 2.03. The Balaban J connectivity index is 2.51. The van der Waals surface area contributed by atoms with Gasteiger partial charge in [0, 0.05) is 5.92 Å². The third kappa shape index (κ3) is 5.17. The van der Waals surface area contributed by atoms with Crippen LogP contribution in [0.3, 0.4) is 0 Å². The first-order valence-electron chi connectivity index (χ1n) is 7.00. The molecule has 0 amide bonds. The third-order valence-electron chi connectivity index (χ3n) is 3.30. The molecule has 0 heterocycles. The van der Waals surface area contributed by atoms with Crippen LogP contribution in [0.4, 0.5) is 0 Å². The van der Waals surface area contributed by atoms with E-state index in [1.165, 1.54) is 0 Å². The first-order chi connectivity index (χ1) is 9.56. The second kappa shape index (κ2) is 8.54. The largest absolute Gasteiger partial charge is 0.466 e. The van der Waals surface area contributed by atoms with E-state index in [-0.39, 0.29) is 17.8 Å². The Labute approximate surface area is 121 Å². The Bertz CT molecular complexity index is 425. The van der Waals surface area contributed by atoms with E-state index in [1.807, 2.05) is 51.1 Å². The normalized spacial score (nSPS) is 13.6. The highest BCUT2D eigenvalue weighted by molar-refractivity contribution is 5.72. The Kier molecular flexibility index (Phi) is 7.02. The van der Waals surface area contributed by atoms with Crippen molar-refractivity contribution in [3.8, 4) is 0 Å². The SMILES string of the molecule is C=C(C)[C@H](COCc1ccccc1)[C@@H](C)C(=O)OCC. The van der Waals surface area contributed by atoms with Crippen LogP contribution in [0.15, 0.2) is 42.5 Å². The molecule has 0 fully saturated rings. The Morgan fingerprint density at radius 1 is 1.30 bits per heavy atom. The lowest BCUT2D eigenvalue weighted by Gasteiger charge is -2.22. The lowest BCUT2D eigenvalue weighted by Crippen LogP contribution is -2.27. The van der Waals surface area contributed by atoms with Gasteiger partial charge in [-0.3, -0.25) is 4.79 Å². The average molecular weight is 276 g/mol. The molecule has 1 aromatic carbocycles. The molecule has 0 unspecified atom stereocenters. The van der Waals surface area contributed by atoms with Crippen LogP contribution in [0.25, 0.3) is 0 Å². The summed E-state index contributed by atoms with van der Waals surface area (Å²) in [5, 5.41) is 0. The number of ether oxygens (including phenoxy) is 2. The minimum Gasteiger partial charge on any atom is -0.466 e. The van der Waals surface area contributed by atoms with E-state index >= 15 is 0 Å². The first-order valence-corrected chi connectivity index (χ1v) is 7.00. The van der Waals surface area contributed by atoms with Crippen LogP contribution in [0.2, 0.25) is 0 Å². The summed E-state index contributed by atoms with van der Waals surface area (Å²) in [4.78, 5) is 11.8. The number of hydrogen-bond donors (Lipinski definition) is 0. The minimum atomic E-state index is -0.233. The van der Waals surface area contributed by atoms with Crippen LogP contribution >= 0.6 is 0 Å². The van der Waals surface area contributed by atoms with Crippen molar-refractivity contribution in [3.05, 3.63) is 48.0 Å². The van der Waals surface area contributed by atoms with E-state index in [9.17, 15) is 4.79 Å². The summed E-state index contributed by atoms with van der Waals surface area (Å²) in [6, 6.07) is 9.98. The van der Waals surface area contributed by atoms with Gasteiger partial charge in [-0.1, -0.05) is 49.4 Å². The van der Waals surface area contributed by atoms with Crippen molar-refractivity contribution in [2.75, 3.05) is 13.2 Å². The molecule has 2 atom stereocenters. The van der Waals surface area contributed by atoms with Gasteiger partial charge in [0.25, 0.3) is 0 Å². The van der Waals surface area contributed by atoms with Gasteiger partial charge in [0.15, 0.2) is 0 Å². The van der Waals surface area contributed by atoms with Crippen LogP contribution in [-0.2, 0) is 20.9 Å². The topological polar surface area (TPSA) is 35.5 Å². The van der Waals surface area contributed by atoms with Crippen molar-refractivity contribution in [3.63, 3.8) is 0 Å². The Morgan fingerprint density at radius 2 is 1.95 bits per heavy atom. The molecular formula is C17H24O3. The lowest BCUT2D eigenvalue weighted by atomic mass is 9.89. The van der Waals surface area contributed by atoms with Crippen molar-refractivity contribution in [1.82, 2.24) is 0 Å². The molecule has 20 heavy (non-hydrogen) atoms. The van der Waals surface area contributed by atoms with Gasteiger partial charge in [-0.05, 0) is 19.4 Å². The molecule has 1 aromatic rings. The molecule has 3 heteroatoms. The van der Waals surface area contributed by atoms with Crippen molar-refractivity contribution < 1.29 is 14.3 Å². The maximum atomic E-state index is 11.8. The maximum Gasteiger partial charge on any atom is 0.309 e. The predicted molar refractivity (Wildman–Crippen MR) is 80.2 cm³/mol. The standard InChI is InChI=1S/C17H24O3/c1-5-20-17(18)14(4)16(13(2)3)12-19-11-15-9-7-6-8-10-15/h6-10,14,16H,2,5,11-12H2,1,3-4H3/t14-,16+/m1/s1. The zero-order valence-corrected chi connectivity index (χ0v) is 12.6. The fraction of sp³-hybridized carbons (Fsp3) is 0.471. The molecule has 3 nitrogen and oxygen atoms in total. The highest BCUT2D eigenvalue weighted by atomic mass is 16.5. The number of esters is 1. The Morgan fingerprint density at radius 3 is 2.50 bits per heavy atom. The molecular weight excluding hydrogens is 252 g/mol. The van der Waals surface area contributed by atoms with Gasteiger partial charge in [0.05, 0.1) is 25.7 Å². The smallest absolute Gasteiger partial charge is 0.309 e. The zero-order valence-electron chi connectivity index (χ0n) is 12.6. The van der Waals surface area contributed by atoms with Crippen molar-refractivity contribution in [2.45, 2.75) is 27.4 Å². The van der Waals surface area contributed by atoms with E-state index < -0.39 is 0 Å². The van der Waals surface area contributed by atoms with E-state index in [0.29, 0.717) is 19.8 Å². The van der Waals surface area contributed by atoms with Crippen LogP contribution < -0.4 is 0 Å². The van der Waals surface area contributed by atoms with Crippen LogP contribution in [0.5, 0.6) is 0 Å². The fourth-order valence-electron chi connectivity index (χ4n) is 2.03. The summed E-state index contributed by atoms with van der Waals surface area (Å²) in [6.45, 7) is 11.0. The summed E-state index contributed by atoms with van der Waals surface area (Å²) in [5.41, 5.74) is 2.07. The van der Waals surface area contributed by atoms with Crippen LogP contribution in [0.1, 0.15) is 26.3 Å². The summed E-state index contributed by atoms with van der Waals surface area (Å²) >= 11 is 0. The highest BCUT2D eigenvalue weighted by Gasteiger charge is 2.25. The molecule has 0 N–H and O–H groups in total. The molecule has 0 aliphatic heterocycles. The summed E-state index contributed by atoms with van der Waals surface area (Å²) < 4.78 is 10.8. The predicted octanol–water partition coefficient (Wildman–Crippen LogP) is 3.59. The molecule has 0 aliphatic carbocycles. The maximum absolute atomic E-state index is 11.8. The molecule has 0 saturated carbocycles. The summed E-state index contributed by atoms with van der Waals surface area (Å²) in [7, 11) is 0. The molecule has 0 radical (unpaired) electrons. The second-order valence-corrected chi connectivity index (χ2v) is 4.99. The number of carbonyl (C=O) groups is 1. The van der Waals surface area contributed by atoms with Crippen LogP contribution in [-0.4, -0.2) is 19.2 Å². The molecule has 0 spiro atoms. The van der Waals surface area contributed by atoms with Gasteiger partial charge in [-0.15, -0.1) is 0 Å². The minimum absolute atomic E-state index is 0.0160. The van der Waals surface area contributed by atoms with Gasteiger partial charge < -0.3 is 9.47 Å². The second-order valence-electron chi connectivity index (χ2n) is 4.99. The lowest BCUT2D eigenvalue weighted by molar-refractivity contribution is -0.149. The van der Waals surface area contributed by atoms with Gasteiger partial charge in [0.1, 0.15) is 0 Å². The van der Waals surface area contributed by atoms with Crippen LogP contribution in [0, 0.1) is 11.8 Å². The number of hydrogen-bond acceptors (Lipinski definition) is 3. The van der Waals surface area contributed by atoms with Crippen molar-refractivity contribution in [1.29, 1.82) is 0 Å². The number of rotatable bonds is 8. The van der Waals surface area contributed by atoms with Gasteiger partial charge in [-0.25, -0.2) is 0 Å². The zero-order chi connectivity index (χ0) is 15.0. The molecule has 0 aromatic heterocycles.